The Morgan fingerprint density at radius 1 is 1.00 bits per heavy atom. The predicted molar refractivity (Wildman–Crippen MR) is 55.4 cm³/mol. The van der Waals surface area contributed by atoms with Crippen LogP contribution >= 0.6 is 0 Å². The highest BCUT2D eigenvalue weighted by atomic mass is 19.1. The number of hydrogen-bond donors (Lipinski definition) is 1. The van der Waals surface area contributed by atoms with Crippen LogP contribution in [0, 0.1) is 5.82 Å². The van der Waals surface area contributed by atoms with Crippen molar-refractivity contribution in [1.82, 2.24) is 0 Å². The zero-order valence-corrected chi connectivity index (χ0v) is 8.30. The van der Waals surface area contributed by atoms with Gasteiger partial charge in [0.1, 0.15) is 5.82 Å². The molecule has 1 fully saturated rings. The summed E-state index contributed by atoms with van der Waals surface area (Å²) in [5, 5.41) is 0. The van der Waals surface area contributed by atoms with E-state index in [9.17, 15) is 4.39 Å². The lowest BCUT2D eigenvalue weighted by atomic mass is 9.77. The van der Waals surface area contributed by atoms with Gasteiger partial charge in [-0.1, -0.05) is 31.4 Å². The molecule has 2 N–H and O–H groups in total. The highest BCUT2D eigenvalue weighted by molar-refractivity contribution is 5.24. The summed E-state index contributed by atoms with van der Waals surface area (Å²) in [5.41, 5.74) is 7.19. The Balaban J connectivity index is 2.23. The van der Waals surface area contributed by atoms with Gasteiger partial charge in [-0.3, -0.25) is 0 Å². The molecule has 0 spiro atoms. The van der Waals surface area contributed by atoms with Crippen molar-refractivity contribution in [2.24, 2.45) is 5.73 Å². The summed E-state index contributed by atoms with van der Waals surface area (Å²) in [4.78, 5) is 0. The smallest absolute Gasteiger partial charge is 0.123 e. The third kappa shape index (κ3) is 1.80. The first-order valence-electron chi connectivity index (χ1n) is 5.26. The summed E-state index contributed by atoms with van der Waals surface area (Å²) in [6.45, 7) is 0. The summed E-state index contributed by atoms with van der Waals surface area (Å²) < 4.78 is 12.7. The number of hydrogen-bond acceptors (Lipinski definition) is 1. The molecule has 0 bridgehead atoms. The lowest BCUT2D eigenvalue weighted by Gasteiger charge is -2.33. The van der Waals surface area contributed by atoms with Crippen LogP contribution in [0.5, 0.6) is 0 Å². The summed E-state index contributed by atoms with van der Waals surface area (Å²) in [6, 6.07) is 6.64. The fourth-order valence-corrected chi connectivity index (χ4v) is 2.25. The predicted octanol–water partition coefficient (Wildman–Crippen LogP) is 2.94. The Hall–Kier alpha value is -0.890. The lowest BCUT2D eigenvalue weighted by molar-refractivity contribution is 0.302. The lowest BCUT2D eigenvalue weighted by Crippen LogP contribution is -2.38. The molecule has 0 aliphatic heterocycles. The van der Waals surface area contributed by atoms with Crippen molar-refractivity contribution in [3.63, 3.8) is 0 Å². The van der Waals surface area contributed by atoms with E-state index in [0.29, 0.717) is 0 Å². The van der Waals surface area contributed by atoms with Crippen molar-refractivity contribution < 1.29 is 4.39 Å². The Labute approximate surface area is 84.1 Å². The van der Waals surface area contributed by atoms with Gasteiger partial charge in [0.05, 0.1) is 0 Å². The van der Waals surface area contributed by atoms with Crippen molar-refractivity contribution in [2.75, 3.05) is 0 Å². The summed E-state index contributed by atoms with van der Waals surface area (Å²) >= 11 is 0. The highest BCUT2D eigenvalue weighted by Crippen LogP contribution is 2.34. The van der Waals surface area contributed by atoms with Gasteiger partial charge < -0.3 is 5.73 Å². The van der Waals surface area contributed by atoms with Crippen molar-refractivity contribution >= 4 is 0 Å². The second-order valence-corrected chi connectivity index (χ2v) is 4.22. The second kappa shape index (κ2) is 3.70. The van der Waals surface area contributed by atoms with Crippen molar-refractivity contribution in [3.05, 3.63) is 35.6 Å². The maximum absolute atomic E-state index is 12.7. The Morgan fingerprint density at radius 2 is 1.57 bits per heavy atom. The largest absolute Gasteiger partial charge is 0.321 e. The molecular formula is C12H16FN. The van der Waals surface area contributed by atoms with Gasteiger partial charge in [0.25, 0.3) is 0 Å². The molecule has 1 aromatic carbocycles. The van der Waals surface area contributed by atoms with Crippen molar-refractivity contribution in [3.8, 4) is 0 Å². The van der Waals surface area contributed by atoms with Gasteiger partial charge in [0.15, 0.2) is 0 Å². The van der Waals surface area contributed by atoms with Crippen LogP contribution in [0.3, 0.4) is 0 Å². The molecule has 2 heteroatoms. The number of benzene rings is 1. The molecule has 0 unspecified atom stereocenters. The third-order valence-corrected chi connectivity index (χ3v) is 3.16. The van der Waals surface area contributed by atoms with Crippen LogP contribution in [0.4, 0.5) is 4.39 Å². The fourth-order valence-electron chi connectivity index (χ4n) is 2.25. The number of rotatable bonds is 1. The van der Waals surface area contributed by atoms with Gasteiger partial charge in [0, 0.05) is 5.54 Å². The van der Waals surface area contributed by atoms with E-state index in [1.807, 2.05) is 12.1 Å². The van der Waals surface area contributed by atoms with Crippen LogP contribution < -0.4 is 5.73 Å². The first kappa shape index (κ1) is 9.66. The molecule has 14 heavy (non-hydrogen) atoms. The van der Waals surface area contributed by atoms with E-state index in [1.165, 1.54) is 31.4 Å². The van der Waals surface area contributed by atoms with E-state index < -0.39 is 0 Å². The summed E-state index contributed by atoms with van der Waals surface area (Å²) in [7, 11) is 0. The monoisotopic (exact) mass is 193 g/mol. The van der Waals surface area contributed by atoms with E-state index in [-0.39, 0.29) is 11.4 Å². The van der Waals surface area contributed by atoms with Crippen LogP contribution in [0.2, 0.25) is 0 Å². The van der Waals surface area contributed by atoms with Crippen LogP contribution in [0.25, 0.3) is 0 Å². The molecule has 1 saturated carbocycles. The maximum Gasteiger partial charge on any atom is 0.123 e. The molecular weight excluding hydrogens is 177 g/mol. The molecule has 1 aromatic rings. The van der Waals surface area contributed by atoms with Crippen molar-refractivity contribution in [1.29, 1.82) is 0 Å². The first-order chi connectivity index (χ1) is 6.71. The van der Waals surface area contributed by atoms with Gasteiger partial charge in [-0.05, 0) is 30.5 Å². The standard InChI is InChI=1S/C12H16FN/c13-11-6-4-10(5-7-11)12(14)8-2-1-3-9-12/h4-7H,1-3,8-9,14H2. The summed E-state index contributed by atoms with van der Waals surface area (Å²) in [6.07, 6.45) is 5.71. The van der Waals surface area contributed by atoms with Gasteiger partial charge in [0.2, 0.25) is 0 Å². The fraction of sp³-hybridized carbons (Fsp3) is 0.500. The minimum Gasteiger partial charge on any atom is -0.321 e. The molecule has 1 aliphatic carbocycles. The van der Waals surface area contributed by atoms with Crippen molar-refractivity contribution in [2.45, 2.75) is 37.6 Å². The van der Waals surface area contributed by atoms with Gasteiger partial charge in [-0.2, -0.15) is 0 Å². The van der Waals surface area contributed by atoms with E-state index in [2.05, 4.69) is 0 Å². The molecule has 1 nitrogen and oxygen atoms in total. The Kier molecular flexibility index (Phi) is 2.55. The van der Waals surface area contributed by atoms with Gasteiger partial charge in [-0.15, -0.1) is 0 Å². The van der Waals surface area contributed by atoms with E-state index in [0.717, 1.165) is 18.4 Å². The molecule has 0 saturated heterocycles. The molecule has 76 valence electrons. The van der Waals surface area contributed by atoms with Crippen LogP contribution in [-0.4, -0.2) is 0 Å². The van der Waals surface area contributed by atoms with E-state index >= 15 is 0 Å². The van der Waals surface area contributed by atoms with E-state index in [1.54, 1.807) is 0 Å². The Morgan fingerprint density at radius 3 is 2.14 bits per heavy atom. The first-order valence-corrected chi connectivity index (χ1v) is 5.26. The van der Waals surface area contributed by atoms with Crippen LogP contribution in [0.15, 0.2) is 24.3 Å². The molecule has 0 aromatic heterocycles. The van der Waals surface area contributed by atoms with Gasteiger partial charge >= 0.3 is 0 Å². The average molecular weight is 193 g/mol. The minimum absolute atomic E-state index is 0.187. The average Bonchev–Trinajstić information content (AvgIpc) is 2.19. The number of nitrogens with two attached hydrogens (primary N) is 1. The number of halogens is 1. The third-order valence-electron chi connectivity index (χ3n) is 3.16. The molecule has 1 aliphatic rings. The van der Waals surface area contributed by atoms with Crippen LogP contribution in [-0.2, 0) is 5.54 Å². The SMILES string of the molecule is NC1(c2ccc(F)cc2)CCCCC1. The second-order valence-electron chi connectivity index (χ2n) is 4.22. The topological polar surface area (TPSA) is 26.0 Å². The zero-order valence-electron chi connectivity index (χ0n) is 8.30. The minimum atomic E-state index is -0.202. The van der Waals surface area contributed by atoms with Crippen LogP contribution in [0.1, 0.15) is 37.7 Å². The molecule has 0 amide bonds. The quantitative estimate of drug-likeness (QED) is 0.729. The summed E-state index contributed by atoms with van der Waals surface area (Å²) in [5.74, 6) is -0.187. The molecule has 0 radical (unpaired) electrons. The Bertz CT molecular complexity index is 299. The normalized spacial score (nSPS) is 20.7. The highest BCUT2D eigenvalue weighted by Gasteiger charge is 2.28. The van der Waals surface area contributed by atoms with E-state index in [4.69, 9.17) is 5.73 Å². The molecule has 2 rings (SSSR count). The van der Waals surface area contributed by atoms with Gasteiger partial charge in [-0.25, -0.2) is 4.39 Å². The molecule has 0 atom stereocenters. The zero-order chi connectivity index (χ0) is 10.0. The molecule has 0 heterocycles. The maximum atomic E-state index is 12.7.